The summed E-state index contributed by atoms with van der Waals surface area (Å²) >= 11 is 0. The summed E-state index contributed by atoms with van der Waals surface area (Å²) in [5.41, 5.74) is -0.620. The van der Waals surface area contributed by atoms with Gasteiger partial charge in [-0.25, -0.2) is 8.42 Å². The number of sulfone groups is 1. The van der Waals surface area contributed by atoms with Crippen molar-refractivity contribution in [3.05, 3.63) is 0 Å². The van der Waals surface area contributed by atoms with Crippen LogP contribution in [-0.2, 0) is 28.2 Å². The van der Waals surface area contributed by atoms with Crippen molar-refractivity contribution in [1.82, 2.24) is 0 Å². The molecule has 6 nitrogen and oxygen atoms in total. The van der Waals surface area contributed by atoms with Gasteiger partial charge in [0.1, 0.15) is 15.4 Å². The number of ether oxygens (including phenoxy) is 2. The molecule has 26 heavy (non-hydrogen) atoms. The molecule has 1 unspecified atom stereocenters. The van der Waals surface area contributed by atoms with Crippen LogP contribution in [0.5, 0.6) is 0 Å². The first-order valence-corrected chi connectivity index (χ1v) is 19.2. The Bertz CT molecular complexity index is 485. The third kappa shape index (κ3) is 11.3. The lowest BCUT2D eigenvalue weighted by molar-refractivity contribution is 0.0340. The van der Waals surface area contributed by atoms with Crippen molar-refractivity contribution in [3.63, 3.8) is 0 Å². The van der Waals surface area contributed by atoms with E-state index in [0.29, 0.717) is 42.2 Å². The molecule has 0 spiro atoms. The van der Waals surface area contributed by atoms with Gasteiger partial charge in [-0.1, -0.05) is 6.04 Å². The molecule has 1 aliphatic heterocycles. The van der Waals surface area contributed by atoms with Gasteiger partial charge in [-0.05, 0) is 58.5 Å². The van der Waals surface area contributed by atoms with Gasteiger partial charge in [0.15, 0.2) is 31.9 Å². The van der Waals surface area contributed by atoms with Crippen molar-refractivity contribution in [2.24, 2.45) is 0 Å². The zero-order valence-electron chi connectivity index (χ0n) is 17.2. The molecule has 1 atom stereocenters. The van der Waals surface area contributed by atoms with Crippen LogP contribution in [0.1, 0.15) is 19.3 Å². The second-order valence-electron chi connectivity index (χ2n) is 8.52. The summed E-state index contributed by atoms with van der Waals surface area (Å²) in [5, 5.41) is 0. The highest BCUT2D eigenvalue weighted by atomic mass is 32.2. The first kappa shape index (κ1) is 24.5. The zero-order chi connectivity index (χ0) is 19.8. The molecule has 0 amide bonds. The minimum absolute atomic E-state index is 0.0794. The first-order chi connectivity index (χ1) is 11.9. The average Bonchev–Trinajstić information content (AvgIpc) is 2.77. The highest BCUT2D eigenvalue weighted by molar-refractivity contribution is 7.92. The molecule has 10 heteroatoms. The zero-order valence-corrected chi connectivity index (χ0v) is 21.0. The van der Waals surface area contributed by atoms with E-state index in [2.05, 4.69) is 39.3 Å². The predicted octanol–water partition coefficient (Wildman–Crippen LogP) is 3.05. The van der Waals surface area contributed by atoms with Gasteiger partial charge in [0.05, 0.1) is 19.0 Å². The van der Waals surface area contributed by atoms with Gasteiger partial charge in [-0.15, -0.1) is 0 Å². The molecule has 0 saturated carbocycles. The lowest BCUT2D eigenvalue weighted by atomic mass is 10.4. The Morgan fingerprint density at radius 3 is 2.12 bits per heavy atom. The van der Waals surface area contributed by atoms with E-state index >= 15 is 0 Å². The Balaban J connectivity index is 2.13. The second-order valence-corrected chi connectivity index (χ2v) is 21.1. The fraction of sp³-hybridized carbons (Fsp3) is 1.00. The third-order valence-corrected chi connectivity index (χ3v) is 9.05. The summed E-state index contributed by atoms with van der Waals surface area (Å²) in [6.07, 6.45) is 2.26. The third-order valence-electron chi connectivity index (χ3n) is 3.50. The summed E-state index contributed by atoms with van der Waals surface area (Å²) in [7, 11) is -5.66. The Kier molecular flexibility index (Phi) is 10.2. The Morgan fingerprint density at radius 1 is 1.00 bits per heavy atom. The maximum atomic E-state index is 11.6. The van der Waals surface area contributed by atoms with E-state index in [-0.39, 0.29) is 11.7 Å². The Hall–Kier alpha value is 0.441. The van der Waals surface area contributed by atoms with Crippen molar-refractivity contribution in [2.45, 2.75) is 75.9 Å². The summed E-state index contributed by atoms with van der Waals surface area (Å²) in [5.74, 6) is 0.170. The van der Waals surface area contributed by atoms with Crippen molar-refractivity contribution in [2.75, 3.05) is 25.6 Å². The van der Waals surface area contributed by atoms with Gasteiger partial charge in [0.25, 0.3) is 0 Å². The summed E-state index contributed by atoms with van der Waals surface area (Å²) in [6, 6.07) is 1.01. The van der Waals surface area contributed by atoms with E-state index in [1.807, 2.05) is 0 Å². The largest absolute Gasteiger partial charge is 0.397 e. The van der Waals surface area contributed by atoms with E-state index in [1.54, 1.807) is 0 Å². The predicted molar refractivity (Wildman–Crippen MR) is 111 cm³/mol. The van der Waals surface area contributed by atoms with E-state index in [0.717, 1.165) is 12.5 Å². The standard InChI is InChI=1S/C16H36O6SSi3/c1-25(2,3)21-16(22-26(4,5)6)24-14-8-10-19-11-12-20-15-9-7-13-23(15,17)18/h15-16H,7-14H2,1-6H3. The molecule has 0 N–H and O–H groups in total. The van der Waals surface area contributed by atoms with E-state index in [4.69, 9.17) is 18.3 Å². The Labute approximate surface area is 164 Å². The number of hydrogen-bond acceptors (Lipinski definition) is 6. The average molecular weight is 441 g/mol. The minimum atomic E-state index is -3.03. The van der Waals surface area contributed by atoms with Gasteiger partial charge in [-0.3, -0.25) is 0 Å². The molecule has 1 aliphatic rings. The molecule has 1 fully saturated rings. The van der Waals surface area contributed by atoms with Gasteiger partial charge in [0.2, 0.25) is 0 Å². The molecule has 2 radical (unpaired) electrons. The molecular formula is C16H36O6SSi3. The van der Waals surface area contributed by atoms with E-state index < -0.39 is 31.9 Å². The number of hydrogen-bond donors (Lipinski definition) is 0. The van der Waals surface area contributed by atoms with Gasteiger partial charge < -0.3 is 18.3 Å². The fourth-order valence-corrected chi connectivity index (χ4v) is 8.94. The maximum Gasteiger partial charge on any atom is 0.186 e. The number of rotatable bonds is 13. The first-order valence-electron chi connectivity index (χ1n) is 9.39. The van der Waals surface area contributed by atoms with Crippen molar-refractivity contribution in [1.29, 1.82) is 0 Å². The normalized spacial score (nSPS) is 20.8. The van der Waals surface area contributed by atoms with Crippen LogP contribution in [0, 0.1) is 0 Å². The highest BCUT2D eigenvalue weighted by Crippen LogP contribution is 2.20. The minimum Gasteiger partial charge on any atom is -0.397 e. The lowest BCUT2D eigenvalue weighted by Gasteiger charge is -2.31. The molecule has 0 aliphatic carbocycles. The molecule has 1 saturated heterocycles. The van der Waals surface area contributed by atoms with E-state index in [1.165, 1.54) is 0 Å². The van der Waals surface area contributed by atoms with Crippen LogP contribution >= 0.6 is 0 Å². The van der Waals surface area contributed by atoms with Crippen LogP contribution in [0.15, 0.2) is 0 Å². The monoisotopic (exact) mass is 440 g/mol. The molecule has 0 aromatic heterocycles. The van der Waals surface area contributed by atoms with Crippen molar-refractivity contribution < 1.29 is 26.7 Å². The lowest BCUT2D eigenvalue weighted by Crippen LogP contribution is -2.43. The van der Waals surface area contributed by atoms with Crippen LogP contribution in [0.3, 0.4) is 0 Å². The second kappa shape index (κ2) is 10.8. The molecule has 0 aromatic carbocycles. The van der Waals surface area contributed by atoms with E-state index in [9.17, 15) is 8.42 Å². The summed E-state index contributed by atoms with van der Waals surface area (Å²) in [6.45, 7) is 14.5. The molecule has 0 bridgehead atoms. The van der Waals surface area contributed by atoms with Gasteiger partial charge >= 0.3 is 0 Å². The van der Waals surface area contributed by atoms with Crippen LogP contribution < -0.4 is 0 Å². The Morgan fingerprint density at radius 2 is 1.62 bits per heavy atom. The molecular weight excluding hydrogens is 404 g/mol. The van der Waals surface area contributed by atoms with Gasteiger partial charge in [-0.2, -0.15) is 0 Å². The molecule has 0 aromatic rings. The summed E-state index contributed by atoms with van der Waals surface area (Å²) < 4.78 is 46.7. The van der Waals surface area contributed by atoms with Crippen LogP contribution in [0.2, 0.25) is 45.3 Å². The topological polar surface area (TPSA) is 71.1 Å². The van der Waals surface area contributed by atoms with Crippen molar-refractivity contribution >= 4 is 36.0 Å². The fourth-order valence-electron chi connectivity index (χ4n) is 2.43. The van der Waals surface area contributed by atoms with Crippen LogP contribution in [0.25, 0.3) is 0 Å². The molecule has 154 valence electrons. The molecule has 1 heterocycles. The highest BCUT2D eigenvalue weighted by Gasteiger charge is 2.31. The quantitative estimate of drug-likeness (QED) is 0.249. The summed E-state index contributed by atoms with van der Waals surface area (Å²) in [4.78, 5) is 0. The molecule has 1 rings (SSSR count). The smallest absolute Gasteiger partial charge is 0.186 e. The SMILES string of the molecule is C[Si](C)(C)OC(O[Si](C)(C)C)[Si]CCCOCCOC1CCCS1(=O)=O. The van der Waals surface area contributed by atoms with Crippen molar-refractivity contribution in [3.8, 4) is 0 Å². The van der Waals surface area contributed by atoms with Crippen LogP contribution in [-0.4, -0.2) is 71.5 Å². The van der Waals surface area contributed by atoms with Crippen LogP contribution in [0.4, 0.5) is 0 Å². The van der Waals surface area contributed by atoms with Gasteiger partial charge in [0, 0.05) is 6.61 Å². The maximum absolute atomic E-state index is 11.6.